The van der Waals surface area contributed by atoms with Crippen molar-refractivity contribution in [1.82, 2.24) is 9.97 Å². The minimum Gasteiger partial charge on any atom is -0.341 e. The molecule has 5 heteroatoms. The van der Waals surface area contributed by atoms with Crippen LogP contribution in [-0.2, 0) is 11.2 Å². The largest absolute Gasteiger partial charge is 0.341 e. The SMILES string of the molecule is CC(C)C1CCN(c2ncc3c(n2)N(C)C(=O)C3)CC1. The van der Waals surface area contributed by atoms with Gasteiger partial charge in [0.2, 0.25) is 11.9 Å². The number of piperidine rings is 1. The first-order valence-corrected chi connectivity index (χ1v) is 7.43. The van der Waals surface area contributed by atoms with Crippen LogP contribution in [0.3, 0.4) is 0 Å². The molecule has 1 fully saturated rings. The third-order valence-corrected chi connectivity index (χ3v) is 4.63. The molecule has 1 saturated heterocycles. The molecule has 0 saturated carbocycles. The fourth-order valence-electron chi connectivity index (χ4n) is 3.12. The topological polar surface area (TPSA) is 49.3 Å². The maximum Gasteiger partial charge on any atom is 0.232 e. The standard InChI is InChI=1S/C15H22N4O/c1-10(2)11-4-6-19(7-5-11)15-16-9-12-8-13(20)18(3)14(12)17-15/h9-11H,4-8H2,1-3H3. The van der Waals surface area contributed by atoms with Crippen LogP contribution in [0.25, 0.3) is 0 Å². The monoisotopic (exact) mass is 274 g/mol. The molecular formula is C15H22N4O. The summed E-state index contributed by atoms with van der Waals surface area (Å²) in [7, 11) is 1.79. The van der Waals surface area contributed by atoms with Gasteiger partial charge in [0.15, 0.2) is 0 Å². The fourth-order valence-corrected chi connectivity index (χ4v) is 3.12. The Bertz CT molecular complexity index is 521. The van der Waals surface area contributed by atoms with E-state index in [4.69, 9.17) is 0 Å². The van der Waals surface area contributed by atoms with E-state index < -0.39 is 0 Å². The van der Waals surface area contributed by atoms with E-state index in [0.717, 1.165) is 42.3 Å². The number of hydrogen-bond donors (Lipinski definition) is 0. The molecule has 108 valence electrons. The zero-order chi connectivity index (χ0) is 14.3. The van der Waals surface area contributed by atoms with E-state index in [2.05, 4.69) is 28.7 Å². The molecule has 2 aliphatic heterocycles. The lowest BCUT2D eigenvalue weighted by Gasteiger charge is -2.34. The maximum atomic E-state index is 11.7. The molecular weight excluding hydrogens is 252 g/mol. The number of nitrogens with zero attached hydrogens (tertiary/aromatic N) is 4. The van der Waals surface area contributed by atoms with E-state index in [9.17, 15) is 4.79 Å². The van der Waals surface area contributed by atoms with Crippen molar-refractivity contribution in [3.8, 4) is 0 Å². The van der Waals surface area contributed by atoms with Gasteiger partial charge in [0, 0.05) is 31.9 Å². The summed E-state index contributed by atoms with van der Waals surface area (Å²) in [6.07, 6.45) is 4.65. The van der Waals surface area contributed by atoms with Gasteiger partial charge in [0.1, 0.15) is 5.82 Å². The first-order chi connectivity index (χ1) is 9.56. The summed E-state index contributed by atoms with van der Waals surface area (Å²) in [5.74, 6) is 3.22. The van der Waals surface area contributed by atoms with Crippen LogP contribution in [0.2, 0.25) is 0 Å². The summed E-state index contributed by atoms with van der Waals surface area (Å²) in [6.45, 7) is 6.62. The smallest absolute Gasteiger partial charge is 0.232 e. The highest BCUT2D eigenvalue weighted by Crippen LogP contribution is 2.29. The van der Waals surface area contributed by atoms with Crippen LogP contribution >= 0.6 is 0 Å². The molecule has 0 aliphatic carbocycles. The van der Waals surface area contributed by atoms with E-state index in [1.807, 2.05) is 6.20 Å². The molecule has 20 heavy (non-hydrogen) atoms. The Balaban J connectivity index is 1.75. The van der Waals surface area contributed by atoms with Crippen molar-refractivity contribution in [3.63, 3.8) is 0 Å². The van der Waals surface area contributed by atoms with Crippen molar-refractivity contribution in [1.29, 1.82) is 0 Å². The lowest BCUT2D eigenvalue weighted by Crippen LogP contribution is -2.36. The molecule has 0 unspecified atom stereocenters. The van der Waals surface area contributed by atoms with Crippen LogP contribution in [0.4, 0.5) is 11.8 Å². The van der Waals surface area contributed by atoms with Gasteiger partial charge in [-0.3, -0.25) is 9.69 Å². The van der Waals surface area contributed by atoms with Gasteiger partial charge in [-0.25, -0.2) is 4.98 Å². The first-order valence-electron chi connectivity index (χ1n) is 7.43. The van der Waals surface area contributed by atoms with Crippen LogP contribution in [0.15, 0.2) is 6.20 Å². The minimum absolute atomic E-state index is 0.102. The van der Waals surface area contributed by atoms with E-state index in [0.29, 0.717) is 6.42 Å². The highest BCUT2D eigenvalue weighted by Gasteiger charge is 2.28. The van der Waals surface area contributed by atoms with Crippen LogP contribution < -0.4 is 9.80 Å². The summed E-state index contributed by atoms with van der Waals surface area (Å²) >= 11 is 0. The number of aromatic nitrogens is 2. The highest BCUT2D eigenvalue weighted by atomic mass is 16.2. The van der Waals surface area contributed by atoms with Crippen LogP contribution in [0.5, 0.6) is 0 Å². The second-order valence-electron chi connectivity index (χ2n) is 6.22. The third-order valence-electron chi connectivity index (χ3n) is 4.63. The van der Waals surface area contributed by atoms with Crippen LogP contribution in [-0.4, -0.2) is 36.0 Å². The van der Waals surface area contributed by atoms with Gasteiger partial charge >= 0.3 is 0 Å². The Hall–Kier alpha value is -1.65. The van der Waals surface area contributed by atoms with Gasteiger partial charge in [0.05, 0.1) is 6.42 Å². The summed E-state index contributed by atoms with van der Waals surface area (Å²) < 4.78 is 0. The average molecular weight is 274 g/mol. The van der Waals surface area contributed by atoms with Gasteiger partial charge in [0.25, 0.3) is 0 Å². The maximum absolute atomic E-state index is 11.7. The normalized spacial score (nSPS) is 19.9. The molecule has 0 spiro atoms. The predicted octanol–water partition coefficient (Wildman–Crippen LogP) is 1.87. The Kier molecular flexibility index (Phi) is 3.36. The lowest BCUT2D eigenvalue weighted by atomic mass is 9.87. The quantitative estimate of drug-likeness (QED) is 0.826. The number of rotatable bonds is 2. The van der Waals surface area contributed by atoms with Gasteiger partial charge in [-0.15, -0.1) is 0 Å². The van der Waals surface area contributed by atoms with E-state index >= 15 is 0 Å². The summed E-state index contributed by atoms with van der Waals surface area (Å²) in [6, 6.07) is 0. The van der Waals surface area contributed by atoms with Crippen molar-refractivity contribution in [3.05, 3.63) is 11.8 Å². The van der Waals surface area contributed by atoms with Gasteiger partial charge in [-0.2, -0.15) is 4.98 Å². The summed E-state index contributed by atoms with van der Waals surface area (Å²) in [4.78, 5) is 24.6. The molecule has 5 nitrogen and oxygen atoms in total. The van der Waals surface area contributed by atoms with Crippen molar-refractivity contribution in [2.24, 2.45) is 11.8 Å². The number of hydrogen-bond acceptors (Lipinski definition) is 4. The lowest BCUT2D eigenvalue weighted by molar-refractivity contribution is -0.117. The molecule has 0 bridgehead atoms. The molecule has 0 atom stereocenters. The summed E-state index contributed by atoms with van der Waals surface area (Å²) in [5, 5.41) is 0. The van der Waals surface area contributed by atoms with E-state index in [1.165, 1.54) is 12.8 Å². The van der Waals surface area contributed by atoms with Gasteiger partial charge in [-0.1, -0.05) is 13.8 Å². The molecule has 0 aromatic carbocycles. The number of likely N-dealkylation sites (N-methyl/N-ethyl adjacent to an activating group) is 1. The number of amides is 1. The molecule has 1 aromatic heterocycles. The number of fused-ring (bicyclic) bond motifs is 1. The highest BCUT2D eigenvalue weighted by molar-refractivity contribution is 5.99. The van der Waals surface area contributed by atoms with Crippen LogP contribution in [0.1, 0.15) is 32.3 Å². The first kappa shape index (κ1) is 13.3. The number of carbonyl (C=O) groups excluding carboxylic acids is 1. The molecule has 0 N–H and O–H groups in total. The van der Waals surface area contributed by atoms with Gasteiger partial charge in [-0.05, 0) is 24.7 Å². The molecule has 1 amide bonds. The van der Waals surface area contributed by atoms with Gasteiger partial charge < -0.3 is 4.90 Å². The Morgan fingerprint density at radius 3 is 2.65 bits per heavy atom. The van der Waals surface area contributed by atoms with Crippen molar-refractivity contribution in [2.75, 3.05) is 29.9 Å². The van der Waals surface area contributed by atoms with Crippen molar-refractivity contribution >= 4 is 17.7 Å². The molecule has 3 rings (SSSR count). The number of carbonyl (C=O) groups is 1. The molecule has 2 aliphatic rings. The Labute approximate surface area is 120 Å². The van der Waals surface area contributed by atoms with E-state index in [-0.39, 0.29) is 5.91 Å². The second kappa shape index (κ2) is 5.04. The average Bonchev–Trinajstić information content (AvgIpc) is 2.74. The molecule has 3 heterocycles. The van der Waals surface area contributed by atoms with Crippen LogP contribution in [0, 0.1) is 11.8 Å². The predicted molar refractivity (Wildman–Crippen MR) is 78.9 cm³/mol. The van der Waals surface area contributed by atoms with Crippen molar-refractivity contribution < 1.29 is 4.79 Å². The number of anilines is 2. The molecule has 0 radical (unpaired) electrons. The Morgan fingerprint density at radius 2 is 2.00 bits per heavy atom. The second-order valence-corrected chi connectivity index (χ2v) is 6.22. The molecule has 1 aromatic rings. The third kappa shape index (κ3) is 2.25. The van der Waals surface area contributed by atoms with E-state index in [1.54, 1.807) is 11.9 Å². The fraction of sp³-hybridized carbons (Fsp3) is 0.667. The Morgan fingerprint density at radius 1 is 1.30 bits per heavy atom. The zero-order valence-corrected chi connectivity index (χ0v) is 12.5. The van der Waals surface area contributed by atoms with Crippen molar-refractivity contribution in [2.45, 2.75) is 33.1 Å². The minimum atomic E-state index is 0.102. The zero-order valence-electron chi connectivity index (χ0n) is 12.5. The summed E-state index contributed by atoms with van der Waals surface area (Å²) in [5.41, 5.74) is 0.943.